The normalized spacial score (nSPS) is 9.90. The number of nitrogens with one attached hydrogen (secondary N) is 2. The van der Waals surface area contributed by atoms with Gasteiger partial charge in [-0.3, -0.25) is 10.1 Å². The predicted molar refractivity (Wildman–Crippen MR) is 77.0 cm³/mol. The molecule has 104 valence electrons. The van der Waals surface area contributed by atoms with Gasteiger partial charge >= 0.3 is 6.03 Å². The van der Waals surface area contributed by atoms with Crippen molar-refractivity contribution in [3.63, 3.8) is 0 Å². The van der Waals surface area contributed by atoms with Crippen LogP contribution in [-0.4, -0.2) is 40.5 Å². The fourth-order valence-corrected chi connectivity index (χ4v) is 1.90. The van der Waals surface area contributed by atoms with Crippen LogP contribution in [0.5, 0.6) is 0 Å². The molecule has 2 rings (SSSR count). The van der Waals surface area contributed by atoms with Crippen molar-refractivity contribution in [1.82, 2.24) is 14.5 Å². The van der Waals surface area contributed by atoms with Crippen LogP contribution in [0.15, 0.2) is 30.3 Å². The molecule has 20 heavy (non-hydrogen) atoms. The molecule has 0 saturated heterocycles. The molecule has 0 unspecified atom stereocenters. The number of carbonyl (C=O) groups excluding carboxylic acids is 2. The second-order valence-corrected chi connectivity index (χ2v) is 4.85. The highest BCUT2D eigenvalue weighted by atomic mass is 32.1. The van der Waals surface area contributed by atoms with Gasteiger partial charge in [-0.2, -0.15) is 0 Å². The maximum atomic E-state index is 12.1. The summed E-state index contributed by atoms with van der Waals surface area (Å²) < 4.78 is 3.69. The molecule has 7 nitrogen and oxygen atoms in total. The molecule has 1 heterocycles. The first-order chi connectivity index (χ1) is 9.58. The van der Waals surface area contributed by atoms with Gasteiger partial charge in [-0.05, 0) is 12.1 Å². The molecule has 0 atom stereocenters. The Kier molecular flexibility index (Phi) is 4.26. The van der Waals surface area contributed by atoms with Gasteiger partial charge in [0.25, 0.3) is 5.91 Å². The molecule has 0 saturated carbocycles. The van der Waals surface area contributed by atoms with Crippen molar-refractivity contribution >= 4 is 34.2 Å². The first-order valence-electron chi connectivity index (χ1n) is 5.75. The molecule has 0 spiro atoms. The van der Waals surface area contributed by atoms with Gasteiger partial charge in [-0.1, -0.05) is 22.7 Å². The van der Waals surface area contributed by atoms with Crippen LogP contribution in [0.1, 0.15) is 10.5 Å². The minimum Gasteiger partial charge on any atom is -0.331 e. The highest BCUT2D eigenvalue weighted by molar-refractivity contribution is 7.10. The van der Waals surface area contributed by atoms with Gasteiger partial charge in [-0.25, -0.2) is 4.79 Å². The van der Waals surface area contributed by atoms with Gasteiger partial charge in [-0.15, -0.1) is 5.10 Å². The van der Waals surface area contributed by atoms with Crippen LogP contribution in [0.25, 0.3) is 0 Å². The van der Waals surface area contributed by atoms with Crippen LogP contribution < -0.4 is 10.6 Å². The molecule has 0 aliphatic carbocycles. The van der Waals surface area contributed by atoms with Crippen molar-refractivity contribution in [3.05, 3.63) is 36.0 Å². The number of amides is 3. The fourth-order valence-electron chi connectivity index (χ4n) is 1.34. The third-order valence-corrected chi connectivity index (χ3v) is 3.00. The van der Waals surface area contributed by atoms with E-state index in [2.05, 4.69) is 20.2 Å². The summed E-state index contributed by atoms with van der Waals surface area (Å²) in [6.07, 6.45) is 0. The SMILES string of the molecule is CN(C)C(=O)Nc1snnc1C(=O)Nc1ccccc1. The predicted octanol–water partition coefficient (Wildman–Crippen LogP) is 1.88. The number of hydrogen-bond acceptors (Lipinski definition) is 5. The third kappa shape index (κ3) is 3.29. The quantitative estimate of drug-likeness (QED) is 0.904. The van der Waals surface area contributed by atoms with E-state index in [1.807, 2.05) is 18.2 Å². The molecule has 3 amide bonds. The molecule has 0 radical (unpaired) electrons. The standard InChI is InChI=1S/C12H13N5O2S/c1-17(2)12(19)14-11-9(15-16-20-11)10(18)13-8-6-4-3-5-7-8/h3-7H,1-2H3,(H,13,18)(H,14,19). The van der Waals surface area contributed by atoms with Crippen molar-refractivity contribution < 1.29 is 9.59 Å². The van der Waals surface area contributed by atoms with E-state index in [1.165, 1.54) is 4.90 Å². The van der Waals surface area contributed by atoms with Crippen LogP contribution in [0.4, 0.5) is 15.5 Å². The smallest absolute Gasteiger partial charge is 0.322 e. The summed E-state index contributed by atoms with van der Waals surface area (Å²) >= 11 is 0.954. The van der Waals surface area contributed by atoms with Gasteiger partial charge in [0, 0.05) is 31.3 Å². The second kappa shape index (κ2) is 6.11. The number of nitrogens with zero attached hydrogens (tertiary/aromatic N) is 3. The molecule has 2 N–H and O–H groups in total. The van der Waals surface area contributed by atoms with Crippen LogP contribution in [0.2, 0.25) is 0 Å². The maximum Gasteiger partial charge on any atom is 0.322 e. The Balaban J connectivity index is 2.11. The van der Waals surface area contributed by atoms with Crippen molar-refractivity contribution in [2.45, 2.75) is 0 Å². The number of para-hydroxylation sites is 1. The minimum atomic E-state index is -0.418. The van der Waals surface area contributed by atoms with E-state index in [4.69, 9.17) is 0 Å². The highest BCUT2D eigenvalue weighted by Crippen LogP contribution is 2.19. The number of benzene rings is 1. The van der Waals surface area contributed by atoms with Gasteiger partial charge < -0.3 is 10.2 Å². The van der Waals surface area contributed by atoms with Gasteiger partial charge in [0.05, 0.1) is 0 Å². The Labute approximate surface area is 119 Å². The van der Waals surface area contributed by atoms with Crippen LogP contribution in [0, 0.1) is 0 Å². The lowest BCUT2D eigenvalue weighted by atomic mass is 10.3. The number of hydrogen-bond donors (Lipinski definition) is 2. The topological polar surface area (TPSA) is 87.2 Å². The van der Waals surface area contributed by atoms with Crippen LogP contribution in [0.3, 0.4) is 0 Å². The van der Waals surface area contributed by atoms with Crippen molar-refractivity contribution in [3.8, 4) is 0 Å². The lowest BCUT2D eigenvalue weighted by molar-refractivity contribution is 0.102. The second-order valence-electron chi connectivity index (χ2n) is 4.10. The van der Waals surface area contributed by atoms with E-state index < -0.39 is 5.91 Å². The average Bonchev–Trinajstić information content (AvgIpc) is 2.88. The zero-order valence-corrected chi connectivity index (χ0v) is 11.8. The van der Waals surface area contributed by atoms with Crippen LogP contribution >= 0.6 is 11.5 Å². The third-order valence-electron chi connectivity index (χ3n) is 2.36. The van der Waals surface area contributed by atoms with Crippen LogP contribution in [-0.2, 0) is 0 Å². The lowest BCUT2D eigenvalue weighted by Crippen LogP contribution is -2.28. The van der Waals surface area contributed by atoms with E-state index >= 15 is 0 Å². The number of urea groups is 1. The molecule has 8 heteroatoms. The molecular formula is C12H13N5O2S. The summed E-state index contributed by atoms with van der Waals surface area (Å²) in [5.74, 6) is -0.418. The van der Waals surface area contributed by atoms with E-state index in [1.54, 1.807) is 26.2 Å². The summed E-state index contributed by atoms with van der Waals surface area (Å²) in [7, 11) is 3.21. The zero-order chi connectivity index (χ0) is 14.5. The molecular weight excluding hydrogens is 278 g/mol. The Morgan fingerprint density at radius 3 is 2.50 bits per heavy atom. The van der Waals surface area contributed by atoms with Crippen molar-refractivity contribution in [1.29, 1.82) is 0 Å². The Morgan fingerprint density at radius 1 is 1.15 bits per heavy atom. The fraction of sp³-hybridized carbons (Fsp3) is 0.167. The van der Waals surface area contributed by atoms with Gasteiger partial charge in [0.15, 0.2) is 10.7 Å². The van der Waals surface area contributed by atoms with E-state index in [0.717, 1.165) is 11.5 Å². The Bertz CT molecular complexity index is 611. The summed E-state index contributed by atoms with van der Waals surface area (Å²) in [5.41, 5.74) is 0.740. The lowest BCUT2D eigenvalue weighted by Gasteiger charge is -2.10. The molecule has 2 aromatic rings. The first-order valence-corrected chi connectivity index (χ1v) is 6.52. The maximum absolute atomic E-state index is 12.1. The molecule has 0 aliphatic heterocycles. The van der Waals surface area contributed by atoms with Gasteiger partial charge in [0.2, 0.25) is 0 Å². The summed E-state index contributed by atoms with van der Waals surface area (Å²) in [6, 6.07) is 8.64. The highest BCUT2D eigenvalue weighted by Gasteiger charge is 2.19. The molecule has 0 bridgehead atoms. The number of rotatable bonds is 3. The molecule has 0 fully saturated rings. The summed E-state index contributed by atoms with van der Waals surface area (Å²) in [5, 5.41) is 9.33. The van der Waals surface area contributed by atoms with E-state index in [9.17, 15) is 9.59 Å². The monoisotopic (exact) mass is 291 g/mol. The largest absolute Gasteiger partial charge is 0.331 e. The van der Waals surface area contributed by atoms with E-state index in [-0.39, 0.29) is 11.7 Å². The number of carbonyl (C=O) groups is 2. The van der Waals surface area contributed by atoms with Crippen molar-refractivity contribution in [2.75, 3.05) is 24.7 Å². The first kappa shape index (κ1) is 13.9. The molecule has 0 aliphatic rings. The van der Waals surface area contributed by atoms with E-state index in [0.29, 0.717) is 10.7 Å². The summed E-state index contributed by atoms with van der Waals surface area (Å²) in [6.45, 7) is 0. The Morgan fingerprint density at radius 2 is 1.85 bits per heavy atom. The number of anilines is 2. The van der Waals surface area contributed by atoms with Crippen molar-refractivity contribution in [2.24, 2.45) is 0 Å². The molecule has 1 aromatic carbocycles. The Hall–Kier alpha value is -2.48. The zero-order valence-electron chi connectivity index (χ0n) is 11.0. The summed E-state index contributed by atoms with van der Waals surface area (Å²) in [4.78, 5) is 25.0. The minimum absolute atomic E-state index is 0.0917. The number of aromatic nitrogens is 2. The van der Waals surface area contributed by atoms with Gasteiger partial charge in [0.1, 0.15) is 0 Å². The molecule has 1 aromatic heterocycles. The average molecular weight is 291 g/mol.